The summed E-state index contributed by atoms with van der Waals surface area (Å²) in [6.45, 7) is 6.27. The number of anilines is 1. The van der Waals surface area contributed by atoms with E-state index in [1.807, 2.05) is 31.1 Å². The average molecular weight is 381 g/mol. The van der Waals surface area contributed by atoms with Crippen LogP contribution in [0.4, 0.5) is 5.82 Å². The van der Waals surface area contributed by atoms with Gasteiger partial charge in [0, 0.05) is 37.9 Å². The Labute approximate surface area is 168 Å². The van der Waals surface area contributed by atoms with E-state index < -0.39 is 0 Å². The molecule has 150 valence electrons. The summed E-state index contributed by atoms with van der Waals surface area (Å²) in [6.07, 6.45) is 7.54. The number of hydrogen-bond acceptors (Lipinski definition) is 4. The van der Waals surface area contributed by atoms with Gasteiger partial charge in [-0.3, -0.25) is 4.79 Å². The topological polar surface area (TPSA) is 49.3 Å². The minimum Gasteiger partial charge on any atom is -0.356 e. The minimum absolute atomic E-state index is 0.0187. The lowest BCUT2D eigenvalue weighted by Gasteiger charge is -2.32. The van der Waals surface area contributed by atoms with Gasteiger partial charge in [-0.25, -0.2) is 9.97 Å². The Morgan fingerprint density at radius 1 is 1.14 bits per heavy atom. The van der Waals surface area contributed by atoms with Gasteiger partial charge in [0.25, 0.3) is 5.91 Å². The summed E-state index contributed by atoms with van der Waals surface area (Å²) in [6, 6.07) is 8.69. The normalized spacial score (nSPS) is 14.9. The van der Waals surface area contributed by atoms with Gasteiger partial charge >= 0.3 is 0 Å². The molecular formula is C23H32N4O. The number of nitrogens with zero attached hydrogens (tertiary/aromatic N) is 4. The molecule has 5 heteroatoms. The zero-order chi connectivity index (χ0) is 20.3. The van der Waals surface area contributed by atoms with E-state index in [0.717, 1.165) is 24.0 Å². The van der Waals surface area contributed by atoms with Gasteiger partial charge in [-0.15, -0.1) is 0 Å². The van der Waals surface area contributed by atoms with Gasteiger partial charge in [0.2, 0.25) is 0 Å². The van der Waals surface area contributed by atoms with Crippen LogP contribution >= 0.6 is 0 Å². The molecule has 5 nitrogen and oxygen atoms in total. The van der Waals surface area contributed by atoms with E-state index >= 15 is 0 Å². The summed E-state index contributed by atoms with van der Waals surface area (Å²) >= 11 is 0. The highest BCUT2D eigenvalue weighted by Gasteiger charge is 2.27. The monoisotopic (exact) mass is 380 g/mol. The second-order valence-electron chi connectivity index (χ2n) is 8.21. The number of benzene rings is 1. The third-order valence-corrected chi connectivity index (χ3v) is 5.83. The van der Waals surface area contributed by atoms with E-state index in [4.69, 9.17) is 4.98 Å². The molecule has 1 aromatic carbocycles. The molecule has 1 aromatic heterocycles. The highest BCUT2D eigenvalue weighted by Crippen LogP contribution is 2.27. The Kier molecular flexibility index (Phi) is 6.32. The van der Waals surface area contributed by atoms with Crippen LogP contribution in [0.15, 0.2) is 30.5 Å². The molecule has 0 bridgehead atoms. The first-order valence-electron chi connectivity index (χ1n) is 10.3. The van der Waals surface area contributed by atoms with Crippen molar-refractivity contribution in [1.82, 2.24) is 14.9 Å². The molecule has 28 heavy (non-hydrogen) atoms. The Bertz CT molecular complexity index is 827. The number of carbonyl (C=O) groups excluding carboxylic acids is 1. The van der Waals surface area contributed by atoms with Gasteiger partial charge in [0.1, 0.15) is 11.4 Å². The van der Waals surface area contributed by atoms with E-state index in [1.165, 1.54) is 19.3 Å². The summed E-state index contributed by atoms with van der Waals surface area (Å²) in [7, 11) is 3.91. The lowest BCUT2D eigenvalue weighted by Crippen LogP contribution is -2.39. The smallest absolute Gasteiger partial charge is 0.259 e. The Morgan fingerprint density at radius 3 is 2.50 bits per heavy atom. The molecule has 1 aliphatic carbocycles. The van der Waals surface area contributed by atoms with Crippen molar-refractivity contribution in [3.8, 4) is 11.4 Å². The standard InChI is InChI=1S/C23H32N4O/c1-16(2)26(4)22-20(23(28)27(5)19-12-7-6-8-13-19)15-24-21(25-22)18-11-9-10-17(3)14-18/h9-11,14-16,19H,6-8,12-13H2,1-5H3. The van der Waals surface area contributed by atoms with Crippen LogP contribution in [-0.4, -0.2) is 47.0 Å². The van der Waals surface area contributed by atoms with Gasteiger partial charge in [-0.05, 0) is 39.7 Å². The molecule has 0 atom stereocenters. The summed E-state index contributed by atoms with van der Waals surface area (Å²) in [5, 5.41) is 0. The van der Waals surface area contributed by atoms with Crippen molar-refractivity contribution in [3.63, 3.8) is 0 Å². The van der Waals surface area contributed by atoms with Crippen molar-refractivity contribution >= 4 is 11.7 Å². The molecule has 0 saturated heterocycles. The molecular weight excluding hydrogens is 348 g/mol. The quantitative estimate of drug-likeness (QED) is 0.754. The third kappa shape index (κ3) is 4.34. The first kappa shape index (κ1) is 20.3. The summed E-state index contributed by atoms with van der Waals surface area (Å²) < 4.78 is 0. The largest absolute Gasteiger partial charge is 0.356 e. The van der Waals surface area contributed by atoms with Crippen molar-refractivity contribution in [1.29, 1.82) is 0 Å². The highest BCUT2D eigenvalue weighted by atomic mass is 16.2. The van der Waals surface area contributed by atoms with Gasteiger partial charge < -0.3 is 9.80 Å². The lowest BCUT2D eigenvalue weighted by molar-refractivity contribution is 0.0696. The maximum atomic E-state index is 13.3. The van der Waals surface area contributed by atoms with Crippen LogP contribution in [0, 0.1) is 6.92 Å². The zero-order valence-electron chi connectivity index (χ0n) is 17.8. The van der Waals surface area contributed by atoms with Gasteiger partial charge in [-0.2, -0.15) is 0 Å². The number of amides is 1. The van der Waals surface area contributed by atoms with Crippen LogP contribution in [0.1, 0.15) is 61.9 Å². The summed E-state index contributed by atoms with van der Waals surface area (Å²) in [4.78, 5) is 26.7. The first-order chi connectivity index (χ1) is 13.4. The minimum atomic E-state index is 0.0187. The van der Waals surface area contributed by atoms with Crippen LogP contribution < -0.4 is 4.90 Å². The molecule has 1 heterocycles. The fourth-order valence-corrected chi connectivity index (χ4v) is 3.78. The van der Waals surface area contributed by atoms with E-state index in [-0.39, 0.29) is 11.9 Å². The van der Waals surface area contributed by atoms with Crippen molar-refractivity contribution in [2.24, 2.45) is 0 Å². The van der Waals surface area contributed by atoms with E-state index in [2.05, 4.69) is 42.8 Å². The molecule has 0 N–H and O–H groups in total. The Balaban J connectivity index is 1.98. The van der Waals surface area contributed by atoms with E-state index in [9.17, 15) is 4.79 Å². The maximum Gasteiger partial charge on any atom is 0.259 e. The molecule has 1 amide bonds. The van der Waals surface area contributed by atoms with Crippen LogP contribution in [0.2, 0.25) is 0 Å². The van der Waals surface area contributed by atoms with E-state index in [0.29, 0.717) is 23.2 Å². The molecule has 1 saturated carbocycles. The molecule has 0 unspecified atom stereocenters. The molecule has 3 rings (SSSR count). The number of carbonyl (C=O) groups is 1. The Hall–Kier alpha value is -2.43. The van der Waals surface area contributed by atoms with E-state index in [1.54, 1.807) is 6.20 Å². The molecule has 0 radical (unpaired) electrons. The zero-order valence-corrected chi connectivity index (χ0v) is 17.8. The third-order valence-electron chi connectivity index (χ3n) is 5.83. The number of rotatable bonds is 5. The van der Waals surface area contributed by atoms with Crippen molar-refractivity contribution in [2.75, 3.05) is 19.0 Å². The first-order valence-corrected chi connectivity index (χ1v) is 10.3. The number of aromatic nitrogens is 2. The number of hydrogen-bond donors (Lipinski definition) is 0. The fraction of sp³-hybridized carbons (Fsp3) is 0.522. The molecule has 1 fully saturated rings. The number of aryl methyl sites for hydroxylation is 1. The van der Waals surface area contributed by atoms with Gasteiger partial charge in [0.05, 0.1) is 0 Å². The van der Waals surface area contributed by atoms with Crippen LogP contribution in [0.3, 0.4) is 0 Å². The molecule has 1 aliphatic rings. The molecule has 2 aromatic rings. The molecule has 0 spiro atoms. The lowest BCUT2D eigenvalue weighted by atomic mass is 9.94. The second kappa shape index (κ2) is 8.72. The maximum absolute atomic E-state index is 13.3. The predicted molar refractivity (Wildman–Crippen MR) is 115 cm³/mol. The van der Waals surface area contributed by atoms with Crippen LogP contribution in [0.25, 0.3) is 11.4 Å². The SMILES string of the molecule is Cc1cccc(-c2ncc(C(=O)N(C)C3CCCCC3)c(N(C)C(C)C)n2)c1. The second-order valence-corrected chi connectivity index (χ2v) is 8.21. The summed E-state index contributed by atoms with van der Waals surface area (Å²) in [5.41, 5.74) is 2.72. The summed E-state index contributed by atoms with van der Waals surface area (Å²) in [5.74, 6) is 1.38. The van der Waals surface area contributed by atoms with Gasteiger partial charge in [-0.1, -0.05) is 43.0 Å². The predicted octanol–water partition coefficient (Wildman–Crippen LogP) is 4.70. The van der Waals surface area contributed by atoms with Crippen molar-refractivity contribution in [3.05, 3.63) is 41.6 Å². The van der Waals surface area contributed by atoms with Crippen LogP contribution in [-0.2, 0) is 0 Å². The van der Waals surface area contributed by atoms with Crippen molar-refractivity contribution in [2.45, 2.75) is 65.0 Å². The van der Waals surface area contributed by atoms with Crippen LogP contribution in [0.5, 0.6) is 0 Å². The highest BCUT2D eigenvalue weighted by molar-refractivity contribution is 5.99. The average Bonchev–Trinajstić information content (AvgIpc) is 2.72. The van der Waals surface area contributed by atoms with Crippen molar-refractivity contribution < 1.29 is 4.79 Å². The fourth-order valence-electron chi connectivity index (χ4n) is 3.78. The molecule has 0 aliphatic heterocycles. The van der Waals surface area contributed by atoms with Gasteiger partial charge in [0.15, 0.2) is 5.82 Å². The Morgan fingerprint density at radius 2 is 1.86 bits per heavy atom.